The lowest BCUT2D eigenvalue weighted by Crippen LogP contribution is -2.11. The minimum Gasteiger partial charge on any atom is -0.464 e. The molecule has 1 aromatic rings. The van der Waals surface area contributed by atoms with Crippen molar-refractivity contribution in [1.82, 2.24) is 4.98 Å². The second-order valence-electron chi connectivity index (χ2n) is 2.79. The normalized spacial score (nSPS) is 10.5. The van der Waals surface area contributed by atoms with Crippen LogP contribution in [0.4, 0.5) is 8.78 Å². The van der Waals surface area contributed by atoms with Crippen molar-refractivity contribution in [2.24, 2.45) is 0 Å². The number of alkyl halides is 2. The molecule has 0 amide bonds. The van der Waals surface area contributed by atoms with Gasteiger partial charge in [0.1, 0.15) is 0 Å². The fourth-order valence-corrected chi connectivity index (χ4v) is 1.55. The van der Waals surface area contributed by atoms with Crippen LogP contribution in [0.15, 0.2) is 6.20 Å². The summed E-state index contributed by atoms with van der Waals surface area (Å²) in [5.74, 6) is -0.843. The number of nitrogens with zero attached hydrogens (tertiary/aromatic N) is 1. The lowest BCUT2D eigenvalue weighted by Gasteiger charge is -2.10. The van der Waals surface area contributed by atoms with E-state index < -0.39 is 12.4 Å². The summed E-state index contributed by atoms with van der Waals surface area (Å²) in [7, 11) is 1.13. The third-order valence-corrected chi connectivity index (χ3v) is 3.01. The number of halogens is 3. The molecule has 0 aliphatic rings. The highest BCUT2D eigenvalue weighted by Gasteiger charge is 2.23. The van der Waals surface area contributed by atoms with Crippen molar-refractivity contribution in [3.63, 3.8) is 0 Å². The molecular weight excluding hydrogens is 319 g/mol. The number of methoxy groups -OCH3 is 1. The topological polar surface area (TPSA) is 39.2 Å². The summed E-state index contributed by atoms with van der Waals surface area (Å²) in [6.07, 6.45) is -1.37. The third-order valence-electron chi connectivity index (χ3n) is 1.92. The zero-order chi connectivity index (χ0) is 11.6. The van der Waals surface area contributed by atoms with Gasteiger partial charge in [-0.15, -0.1) is 0 Å². The van der Waals surface area contributed by atoms with Gasteiger partial charge in [0.25, 0.3) is 6.43 Å². The lowest BCUT2D eigenvalue weighted by molar-refractivity contribution is 0.0581. The van der Waals surface area contributed by atoms with Crippen molar-refractivity contribution < 1.29 is 18.3 Å². The molecule has 1 heterocycles. The molecule has 1 aromatic heterocycles. The number of hydrogen-bond acceptors (Lipinski definition) is 3. The Kier molecular flexibility index (Phi) is 3.95. The first-order valence-electron chi connectivity index (χ1n) is 4.00. The Balaban J connectivity index is 3.40. The molecule has 0 N–H and O–H groups in total. The Morgan fingerprint density at radius 1 is 1.60 bits per heavy atom. The van der Waals surface area contributed by atoms with Crippen LogP contribution in [0.25, 0.3) is 0 Å². The number of rotatable bonds is 2. The average molecular weight is 327 g/mol. The van der Waals surface area contributed by atoms with E-state index in [9.17, 15) is 13.6 Å². The molecule has 0 unspecified atom stereocenters. The van der Waals surface area contributed by atoms with Gasteiger partial charge in [0.15, 0.2) is 5.69 Å². The molecule has 82 valence electrons. The van der Waals surface area contributed by atoms with Crippen molar-refractivity contribution in [3.8, 4) is 0 Å². The minimum atomic E-state index is -2.73. The van der Waals surface area contributed by atoms with Gasteiger partial charge in [-0.05, 0) is 35.1 Å². The number of pyridine rings is 1. The van der Waals surface area contributed by atoms with Crippen LogP contribution in [-0.4, -0.2) is 18.1 Å². The Morgan fingerprint density at radius 2 is 2.20 bits per heavy atom. The van der Waals surface area contributed by atoms with Crippen molar-refractivity contribution in [1.29, 1.82) is 0 Å². The van der Waals surface area contributed by atoms with E-state index in [-0.39, 0.29) is 11.3 Å². The molecule has 15 heavy (non-hydrogen) atoms. The lowest BCUT2D eigenvalue weighted by atomic mass is 10.1. The fourth-order valence-electron chi connectivity index (χ4n) is 1.12. The molecule has 0 spiro atoms. The monoisotopic (exact) mass is 327 g/mol. The standard InChI is InChI=1S/C9H8F2INO2/c1-4-5(12)3-13-7(9(14)15-2)6(4)8(10)11/h3,8H,1-2H3. The van der Waals surface area contributed by atoms with Crippen LogP contribution < -0.4 is 0 Å². The highest BCUT2D eigenvalue weighted by atomic mass is 127. The summed E-state index contributed by atoms with van der Waals surface area (Å²) < 4.78 is 30.4. The van der Waals surface area contributed by atoms with Crippen molar-refractivity contribution in [3.05, 3.63) is 26.6 Å². The quantitative estimate of drug-likeness (QED) is 0.619. The molecule has 0 radical (unpaired) electrons. The summed E-state index contributed by atoms with van der Waals surface area (Å²) in [6, 6.07) is 0. The van der Waals surface area contributed by atoms with Crippen molar-refractivity contribution in [2.75, 3.05) is 7.11 Å². The molecule has 0 saturated carbocycles. The van der Waals surface area contributed by atoms with Gasteiger partial charge in [-0.25, -0.2) is 18.6 Å². The molecule has 0 aromatic carbocycles. The van der Waals surface area contributed by atoms with Crippen LogP contribution in [0.2, 0.25) is 0 Å². The molecule has 0 atom stereocenters. The molecule has 1 rings (SSSR count). The summed E-state index contributed by atoms with van der Waals surface area (Å²) in [5, 5.41) is 0. The maximum atomic E-state index is 12.7. The summed E-state index contributed by atoms with van der Waals surface area (Å²) in [6.45, 7) is 1.53. The van der Waals surface area contributed by atoms with E-state index in [4.69, 9.17) is 0 Å². The second-order valence-corrected chi connectivity index (χ2v) is 3.95. The second kappa shape index (κ2) is 4.82. The number of aromatic nitrogens is 1. The highest BCUT2D eigenvalue weighted by Crippen LogP contribution is 2.28. The first-order valence-corrected chi connectivity index (χ1v) is 5.08. The largest absolute Gasteiger partial charge is 0.464 e. The number of hydrogen-bond donors (Lipinski definition) is 0. The molecule has 0 saturated heterocycles. The van der Waals surface area contributed by atoms with Gasteiger partial charge in [0.2, 0.25) is 0 Å². The first-order chi connectivity index (χ1) is 6.99. The molecule has 6 heteroatoms. The summed E-state index contributed by atoms with van der Waals surface area (Å²) >= 11 is 1.89. The highest BCUT2D eigenvalue weighted by molar-refractivity contribution is 14.1. The summed E-state index contributed by atoms with van der Waals surface area (Å²) in [4.78, 5) is 14.9. The Morgan fingerprint density at radius 3 is 2.67 bits per heavy atom. The van der Waals surface area contributed by atoms with E-state index >= 15 is 0 Å². The van der Waals surface area contributed by atoms with Gasteiger partial charge in [0.05, 0.1) is 12.7 Å². The van der Waals surface area contributed by atoms with E-state index in [1.807, 2.05) is 22.6 Å². The maximum Gasteiger partial charge on any atom is 0.357 e. The number of ether oxygens (including phenoxy) is 1. The van der Waals surface area contributed by atoms with Crippen molar-refractivity contribution >= 4 is 28.6 Å². The van der Waals surface area contributed by atoms with Crippen LogP contribution in [-0.2, 0) is 4.74 Å². The molecule has 0 aliphatic carbocycles. The number of carbonyl (C=O) groups is 1. The van der Waals surface area contributed by atoms with Gasteiger partial charge in [0, 0.05) is 9.77 Å². The predicted octanol–water partition coefficient (Wildman–Crippen LogP) is 2.72. The zero-order valence-electron chi connectivity index (χ0n) is 8.05. The summed E-state index contributed by atoms with van der Waals surface area (Å²) in [5.41, 5.74) is -0.305. The smallest absolute Gasteiger partial charge is 0.357 e. The molecule has 0 aliphatic heterocycles. The van der Waals surface area contributed by atoms with Crippen LogP contribution >= 0.6 is 22.6 Å². The molecule has 3 nitrogen and oxygen atoms in total. The van der Waals surface area contributed by atoms with E-state index in [0.29, 0.717) is 9.13 Å². The molecule has 0 fully saturated rings. The number of esters is 1. The first kappa shape index (κ1) is 12.3. The average Bonchev–Trinajstić information content (AvgIpc) is 2.20. The molecular formula is C9H8F2INO2. The van der Waals surface area contributed by atoms with Crippen LogP contribution in [0.5, 0.6) is 0 Å². The third kappa shape index (κ3) is 2.42. The zero-order valence-corrected chi connectivity index (χ0v) is 10.2. The SMILES string of the molecule is COC(=O)c1ncc(I)c(C)c1C(F)F. The van der Waals surface area contributed by atoms with Gasteiger partial charge in [-0.2, -0.15) is 0 Å². The van der Waals surface area contributed by atoms with E-state index in [1.54, 1.807) is 0 Å². The van der Waals surface area contributed by atoms with Crippen LogP contribution in [0.1, 0.15) is 28.0 Å². The Hall–Kier alpha value is -0.790. The fraction of sp³-hybridized carbons (Fsp3) is 0.333. The van der Waals surface area contributed by atoms with E-state index in [2.05, 4.69) is 9.72 Å². The maximum absolute atomic E-state index is 12.7. The predicted molar refractivity (Wildman–Crippen MR) is 58.0 cm³/mol. The minimum absolute atomic E-state index is 0.314. The van der Waals surface area contributed by atoms with Gasteiger partial charge >= 0.3 is 5.97 Å². The Bertz CT molecular complexity index is 396. The van der Waals surface area contributed by atoms with Crippen molar-refractivity contribution in [2.45, 2.75) is 13.3 Å². The van der Waals surface area contributed by atoms with Crippen LogP contribution in [0, 0.1) is 10.5 Å². The van der Waals surface area contributed by atoms with Gasteiger partial charge in [-0.3, -0.25) is 0 Å². The van der Waals surface area contributed by atoms with Gasteiger partial charge in [-0.1, -0.05) is 0 Å². The van der Waals surface area contributed by atoms with Gasteiger partial charge < -0.3 is 4.74 Å². The Labute approximate surface area is 99.0 Å². The molecule has 0 bridgehead atoms. The number of carbonyl (C=O) groups excluding carboxylic acids is 1. The van der Waals surface area contributed by atoms with E-state index in [0.717, 1.165) is 7.11 Å². The van der Waals surface area contributed by atoms with Crippen LogP contribution in [0.3, 0.4) is 0 Å². The van der Waals surface area contributed by atoms with E-state index in [1.165, 1.54) is 13.1 Å².